The Labute approximate surface area is 128 Å². The molecule has 1 aliphatic rings. The third kappa shape index (κ3) is 2.33. The first kappa shape index (κ1) is 13.3. The van der Waals surface area contributed by atoms with Crippen molar-refractivity contribution in [2.45, 2.75) is 18.8 Å². The van der Waals surface area contributed by atoms with E-state index in [1.54, 1.807) is 6.20 Å². The summed E-state index contributed by atoms with van der Waals surface area (Å²) in [5.74, 6) is 1.10. The highest BCUT2D eigenvalue weighted by Gasteiger charge is 2.19. The van der Waals surface area contributed by atoms with Crippen molar-refractivity contribution < 1.29 is 4.74 Å². The molecule has 5 heteroatoms. The molecule has 4 rings (SSSR count). The average Bonchev–Trinajstić information content (AvgIpc) is 3.09. The minimum Gasteiger partial charge on any atom is -0.383 e. The molecule has 112 valence electrons. The molecule has 1 fully saturated rings. The minimum atomic E-state index is 0.456. The van der Waals surface area contributed by atoms with Crippen LogP contribution in [-0.4, -0.2) is 28.4 Å². The third-order valence-corrected chi connectivity index (χ3v) is 4.35. The molecule has 0 aliphatic carbocycles. The van der Waals surface area contributed by atoms with Crippen LogP contribution >= 0.6 is 0 Å². The fourth-order valence-electron chi connectivity index (χ4n) is 3.12. The van der Waals surface area contributed by atoms with Crippen molar-refractivity contribution in [3.05, 3.63) is 42.1 Å². The third-order valence-electron chi connectivity index (χ3n) is 4.35. The normalized spacial score (nSPS) is 16.2. The maximum Gasteiger partial charge on any atom is 0.127 e. The Morgan fingerprint density at radius 2 is 2.00 bits per heavy atom. The molecule has 0 spiro atoms. The van der Waals surface area contributed by atoms with E-state index in [2.05, 4.69) is 33.4 Å². The summed E-state index contributed by atoms with van der Waals surface area (Å²) in [6.07, 6.45) is 3.78. The second-order valence-electron chi connectivity index (χ2n) is 5.73. The number of nitrogens with one attached hydrogen (secondary N) is 1. The van der Waals surface area contributed by atoms with Gasteiger partial charge in [0, 0.05) is 30.4 Å². The molecule has 0 saturated carbocycles. The van der Waals surface area contributed by atoms with Crippen LogP contribution < -0.4 is 5.73 Å². The SMILES string of the molecule is Nc1nc2cc(-c3ccn[nH]3)ccc2cc1C1CCOCC1. The minimum absolute atomic E-state index is 0.456. The van der Waals surface area contributed by atoms with E-state index in [1.165, 1.54) is 0 Å². The molecule has 3 aromatic rings. The van der Waals surface area contributed by atoms with Crippen LogP contribution in [0.4, 0.5) is 5.82 Å². The number of rotatable bonds is 2. The number of benzene rings is 1. The first-order valence-corrected chi connectivity index (χ1v) is 7.59. The molecule has 3 heterocycles. The summed E-state index contributed by atoms with van der Waals surface area (Å²) in [5, 5.41) is 8.09. The lowest BCUT2D eigenvalue weighted by Gasteiger charge is -2.23. The van der Waals surface area contributed by atoms with Gasteiger partial charge < -0.3 is 10.5 Å². The number of aromatic amines is 1. The van der Waals surface area contributed by atoms with Crippen molar-refractivity contribution in [3.8, 4) is 11.3 Å². The highest BCUT2D eigenvalue weighted by atomic mass is 16.5. The predicted molar refractivity (Wildman–Crippen MR) is 86.5 cm³/mol. The molecule has 0 bridgehead atoms. The lowest BCUT2D eigenvalue weighted by atomic mass is 9.91. The predicted octanol–water partition coefficient (Wildman–Crippen LogP) is 3.10. The number of pyridine rings is 1. The zero-order valence-electron chi connectivity index (χ0n) is 12.2. The van der Waals surface area contributed by atoms with Crippen LogP contribution in [0.25, 0.3) is 22.2 Å². The standard InChI is InChI=1S/C17H18N4O/c18-17-14(11-4-7-22-8-5-11)9-12-1-2-13(10-16(12)20-17)15-3-6-19-21-15/h1-3,6,9-11H,4-5,7-8H2,(H2,18,20)(H,19,21). The lowest BCUT2D eigenvalue weighted by molar-refractivity contribution is 0.0854. The van der Waals surface area contributed by atoms with Gasteiger partial charge in [-0.15, -0.1) is 0 Å². The smallest absolute Gasteiger partial charge is 0.127 e. The van der Waals surface area contributed by atoms with Gasteiger partial charge in [0.2, 0.25) is 0 Å². The maximum atomic E-state index is 6.21. The summed E-state index contributed by atoms with van der Waals surface area (Å²) < 4.78 is 5.44. The Balaban J connectivity index is 1.76. The van der Waals surface area contributed by atoms with Crippen molar-refractivity contribution in [1.82, 2.24) is 15.2 Å². The number of nitrogen functional groups attached to an aromatic ring is 1. The van der Waals surface area contributed by atoms with Crippen LogP contribution in [0, 0.1) is 0 Å². The topological polar surface area (TPSA) is 76.8 Å². The van der Waals surface area contributed by atoms with Crippen molar-refractivity contribution in [2.24, 2.45) is 0 Å². The second-order valence-corrected chi connectivity index (χ2v) is 5.73. The number of anilines is 1. The van der Waals surface area contributed by atoms with Gasteiger partial charge in [-0.3, -0.25) is 5.10 Å². The van der Waals surface area contributed by atoms with Crippen molar-refractivity contribution >= 4 is 16.7 Å². The maximum absolute atomic E-state index is 6.21. The molecule has 1 aliphatic heterocycles. The van der Waals surface area contributed by atoms with Crippen LogP contribution in [0.2, 0.25) is 0 Å². The summed E-state index contributed by atoms with van der Waals surface area (Å²) in [4.78, 5) is 4.62. The van der Waals surface area contributed by atoms with Crippen molar-refractivity contribution in [2.75, 3.05) is 18.9 Å². The summed E-state index contributed by atoms with van der Waals surface area (Å²) in [6.45, 7) is 1.61. The van der Waals surface area contributed by atoms with E-state index in [0.29, 0.717) is 11.7 Å². The number of fused-ring (bicyclic) bond motifs is 1. The molecule has 0 amide bonds. The van der Waals surface area contributed by atoms with Gasteiger partial charge in [0.15, 0.2) is 0 Å². The van der Waals surface area contributed by atoms with Gasteiger partial charge >= 0.3 is 0 Å². The molecule has 2 aromatic heterocycles. The van der Waals surface area contributed by atoms with E-state index < -0.39 is 0 Å². The fourth-order valence-corrected chi connectivity index (χ4v) is 3.12. The zero-order valence-corrected chi connectivity index (χ0v) is 12.2. The monoisotopic (exact) mass is 294 g/mol. The molecule has 3 N–H and O–H groups in total. The van der Waals surface area contributed by atoms with Gasteiger partial charge in [0.05, 0.1) is 11.2 Å². The molecule has 1 saturated heterocycles. The van der Waals surface area contributed by atoms with Gasteiger partial charge in [0.1, 0.15) is 5.82 Å². The van der Waals surface area contributed by atoms with Crippen LogP contribution in [0.15, 0.2) is 36.5 Å². The van der Waals surface area contributed by atoms with E-state index in [9.17, 15) is 0 Å². The van der Waals surface area contributed by atoms with E-state index in [-0.39, 0.29) is 0 Å². The van der Waals surface area contributed by atoms with Gasteiger partial charge in [-0.2, -0.15) is 5.10 Å². The average molecular weight is 294 g/mol. The van der Waals surface area contributed by atoms with E-state index in [1.807, 2.05) is 12.1 Å². The molecule has 0 unspecified atom stereocenters. The molecular formula is C17H18N4O. The van der Waals surface area contributed by atoms with Crippen LogP contribution in [0.1, 0.15) is 24.3 Å². The summed E-state index contributed by atoms with van der Waals surface area (Å²) >= 11 is 0. The second kappa shape index (κ2) is 5.42. The first-order valence-electron chi connectivity index (χ1n) is 7.59. The highest BCUT2D eigenvalue weighted by molar-refractivity contribution is 5.85. The molecule has 0 atom stereocenters. The van der Waals surface area contributed by atoms with Gasteiger partial charge in [0.25, 0.3) is 0 Å². The van der Waals surface area contributed by atoms with Gasteiger partial charge in [-0.25, -0.2) is 4.98 Å². The molecule has 5 nitrogen and oxygen atoms in total. The Morgan fingerprint density at radius 1 is 1.14 bits per heavy atom. The Morgan fingerprint density at radius 3 is 2.77 bits per heavy atom. The van der Waals surface area contributed by atoms with Gasteiger partial charge in [-0.05, 0) is 42.5 Å². The van der Waals surface area contributed by atoms with Crippen LogP contribution in [0.5, 0.6) is 0 Å². The molecular weight excluding hydrogens is 276 g/mol. The zero-order chi connectivity index (χ0) is 14.9. The Hall–Kier alpha value is -2.40. The van der Waals surface area contributed by atoms with Crippen molar-refractivity contribution in [3.63, 3.8) is 0 Å². The fraction of sp³-hybridized carbons (Fsp3) is 0.294. The molecule has 1 aromatic carbocycles. The number of nitrogens with two attached hydrogens (primary N) is 1. The Bertz CT molecular complexity index is 792. The highest BCUT2D eigenvalue weighted by Crippen LogP contribution is 2.33. The number of nitrogens with zero attached hydrogens (tertiary/aromatic N) is 2. The van der Waals surface area contributed by atoms with E-state index >= 15 is 0 Å². The van der Waals surface area contributed by atoms with Crippen LogP contribution in [-0.2, 0) is 4.74 Å². The Kier molecular flexibility index (Phi) is 3.27. The van der Waals surface area contributed by atoms with E-state index in [0.717, 1.165) is 53.8 Å². The largest absolute Gasteiger partial charge is 0.383 e. The number of hydrogen-bond donors (Lipinski definition) is 2. The number of H-pyrrole nitrogens is 1. The van der Waals surface area contributed by atoms with E-state index in [4.69, 9.17) is 10.5 Å². The first-order chi connectivity index (χ1) is 10.8. The molecule has 22 heavy (non-hydrogen) atoms. The van der Waals surface area contributed by atoms with Crippen LogP contribution in [0.3, 0.4) is 0 Å². The number of aromatic nitrogens is 3. The number of ether oxygens (including phenoxy) is 1. The lowest BCUT2D eigenvalue weighted by Crippen LogP contribution is -2.15. The van der Waals surface area contributed by atoms with Gasteiger partial charge in [-0.1, -0.05) is 12.1 Å². The summed E-state index contributed by atoms with van der Waals surface area (Å²) in [5.41, 5.74) is 10.3. The van der Waals surface area contributed by atoms with Crippen molar-refractivity contribution in [1.29, 1.82) is 0 Å². The summed E-state index contributed by atoms with van der Waals surface area (Å²) in [6, 6.07) is 10.4. The number of hydrogen-bond acceptors (Lipinski definition) is 4. The summed E-state index contributed by atoms with van der Waals surface area (Å²) in [7, 11) is 0. The molecule has 0 radical (unpaired) electrons. The quantitative estimate of drug-likeness (QED) is 0.761.